The molecule has 2 rings (SSSR count). The predicted molar refractivity (Wildman–Crippen MR) is 65.5 cm³/mol. The Balaban J connectivity index is 2.20. The number of hydrogen-bond donors (Lipinski definition) is 1. The van der Waals surface area contributed by atoms with Gasteiger partial charge in [0.2, 0.25) is 5.88 Å². The average molecular weight is 216 g/mol. The van der Waals surface area contributed by atoms with E-state index in [1.807, 2.05) is 50.2 Å². The van der Waals surface area contributed by atoms with Crippen LogP contribution < -0.4 is 10.5 Å². The zero-order valence-corrected chi connectivity index (χ0v) is 9.60. The first-order chi connectivity index (χ1) is 7.54. The highest BCUT2D eigenvalue weighted by Crippen LogP contribution is 2.16. The van der Waals surface area contributed by atoms with E-state index < -0.39 is 0 Å². The minimum absolute atomic E-state index is 0.340. The molecule has 0 spiro atoms. The van der Waals surface area contributed by atoms with E-state index in [-0.39, 0.29) is 5.54 Å². The Morgan fingerprint density at radius 2 is 1.94 bits per heavy atom. The summed E-state index contributed by atoms with van der Waals surface area (Å²) in [6.07, 6.45) is 0. The highest BCUT2D eigenvalue weighted by atomic mass is 16.5. The highest BCUT2D eigenvalue weighted by Gasteiger charge is 2.11. The number of hydrogen-bond acceptors (Lipinski definition) is 3. The first-order valence-electron chi connectivity index (χ1n) is 5.32. The molecular formula is C13H16N2O. The summed E-state index contributed by atoms with van der Waals surface area (Å²) < 4.78 is 5.54. The number of nitrogens with two attached hydrogens (primary N) is 1. The minimum Gasteiger partial charge on any atom is -0.476 e. The molecule has 1 aromatic carbocycles. The van der Waals surface area contributed by atoms with Gasteiger partial charge in [-0.25, -0.2) is 4.98 Å². The van der Waals surface area contributed by atoms with Crippen molar-refractivity contribution in [1.29, 1.82) is 0 Å². The van der Waals surface area contributed by atoms with Crippen molar-refractivity contribution in [2.45, 2.75) is 19.4 Å². The van der Waals surface area contributed by atoms with Crippen LogP contribution in [0.2, 0.25) is 0 Å². The Hall–Kier alpha value is -1.61. The number of nitrogens with zero attached hydrogens (tertiary/aromatic N) is 1. The van der Waals surface area contributed by atoms with Gasteiger partial charge in [0.15, 0.2) is 0 Å². The third-order valence-electron chi connectivity index (χ3n) is 2.16. The van der Waals surface area contributed by atoms with Crippen molar-refractivity contribution in [3.63, 3.8) is 0 Å². The molecule has 0 unspecified atom stereocenters. The quantitative estimate of drug-likeness (QED) is 0.856. The highest BCUT2D eigenvalue weighted by molar-refractivity contribution is 5.78. The van der Waals surface area contributed by atoms with E-state index in [1.54, 1.807) is 0 Å². The largest absolute Gasteiger partial charge is 0.476 e. The maximum Gasteiger partial charge on any atom is 0.213 e. The van der Waals surface area contributed by atoms with E-state index in [0.717, 1.165) is 10.9 Å². The van der Waals surface area contributed by atoms with Crippen LogP contribution in [0.4, 0.5) is 0 Å². The molecule has 0 saturated carbocycles. The second-order valence-electron chi connectivity index (χ2n) is 4.62. The van der Waals surface area contributed by atoms with Gasteiger partial charge in [0.05, 0.1) is 5.52 Å². The van der Waals surface area contributed by atoms with Crippen LogP contribution >= 0.6 is 0 Å². The molecule has 0 aliphatic rings. The third kappa shape index (κ3) is 2.70. The number of para-hydroxylation sites is 1. The fourth-order valence-electron chi connectivity index (χ4n) is 1.39. The lowest BCUT2D eigenvalue weighted by atomic mass is 10.1. The van der Waals surface area contributed by atoms with Gasteiger partial charge < -0.3 is 10.5 Å². The van der Waals surface area contributed by atoms with Crippen molar-refractivity contribution in [3.05, 3.63) is 36.4 Å². The maximum absolute atomic E-state index is 5.84. The zero-order valence-electron chi connectivity index (χ0n) is 9.60. The Kier molecular flexibility index (Phi) is 2.79. The molecule has 3 heteroatoms. The molecule has 1 heterocycles. The summed E-state index contributed by atoms with van der Waals surface area (Å²) in [5.74, 6) is 0.622. The molecule has 0 radical (unpaired) electrons. The third-order valence-corrected chi connectivity index (χ3v) is 2.16. The van der Waals surface area contributed by atoms with Gasteiger partial charge in [-0.1, -0.05) is 18.2 Å². The smallest absolute Gasteiger partial charge is 0.213 e. The van der Waals surface area contributed by atoms with Crippen molar-refractivity contribution in [3.8, 4) is 5.88 Å². The van der Waals surface area contributed by atoms with Crippen LogP contribution in [0.25, 0.3) is 10.9 Å². The summed E-state index contributed by atoms with van der Waals surface area (Å²) in [4.78, 5) is 4.40. The van der Waals surface area contributed by atoms with Crippen LogP contribution in [0.3, 0.4) is 0 Å². The number of aromatic nitrogens is 1. The van der Waals surface area contributed by atoms with Crippen LogP contribution in [-0.2, 0) is 0 Å². The van der Waals surface area contributed by atoms with E-state index in [2.05, 4.69) is 4.98 Å². The van der Waals surface area contributed by atoms with Gasteiger partial charge in [-0.3, -0.25) is 0 Å². The van der Waals surface area contributed by atoms with Gasteiger partial charge in [-0.15, -0.1) is 0 Å². The molecule has 0 aliphatic carbocycles. The summed E-state index contributed by atoms with van der Waals surface area (Å²) in [7, 11) is 0. The Labute approximate surface area is 95.2 Å². The first kappa shape index (κ1) is 10.9. The van der Waals surface area contributed by atoms with Crippen molar-refractivity contribution in [2.75, 3.05) is 6.61 Å². The molecule has 16 heavy (non-hydrogen) atoms. The predicted octanol–water partition coefficient (Wildman–Crippen LogP) is 2.35. The van der Waals surface area contributed by atoms with Crippen LogP contribution in [0.5, 0.6) is 5.88 Å². The molecule has 0 aliphatic heterocycles. The second-order valence-corrected chi connectivity index (χ2v) is 4.62. The molecule has 2 N–H and O–H groups in total. The van der Waals surface area contributed by atoms with Gasteiger partial charge in [-0.2, -0.15) is 0 Å². The monoisotopic (exact) mass is 216 g/mol. The van der Waals surface area contributed by atoms with Gasteiger partial charge >= 0.3 is 0 Å². The fraction of sp³-hybridized carbons (Fsp3) is 0.308. The van der Waals surface area contributed by atoms with E-state index in [9.17, 15) is 0 Å². The van der Waals surface area contributed by atoms with Crippen molar-refractivity contribution >= 4 is 10.9 Å². The van der Waals surface area contributed by atoms with Crippen molar-refractivity contribution < 1.29 is 4.74 Å². The topological polar surface area (TPSA) is 48.1 Å². The lowest BCUT2D eigenvalue weighted by molar-refractivity contribution is 0.236. The summed E-state index contributed by atoms with van der Waals surface area (Å²) >= 11 is 0. The zero-order chi connectivity index (χ0) is 11.6. The van der Waals surface area contributed by atoms with E-state index >= 15 is 0 Å². The van der Waals surface area contributed by atoms with Crippen LogP contribution in [0.15, 0.2) is 36.4 Å². The molecule has 84 valence electrons. The summed E-state index contributed by atoms with van der Waals surface area (Å²) in [6, 6.07) is 11.8. The minimum atomic E-state index is -0.340. The van der Waals surface area contributed by atoms with Crippen LogP contribution in [0.1, 0.15) is 13.8 Å². The van der Waals surface area contributed by atoms with Gasteiger partial charge in [0.1, 0.15) is 6.61 Å². The number of ether oxygens (including phenoxy) is 1. The van der Waals surface area contributed by atoms with E-state index in [1.165, 1.54) is 0 Å². The van der Waals surface area contributed by atoms with Crippen molar-refractivity contribution in [2.24, 2.45) is 5.73 Å². The fourth-order valence-corrected chi connectivity index (χ4v) is 1.39. The normalized spacial score (nSPS) is 11.7. The lowest BCUT2D eigenvalue weighted by Crippen LogP contribution is -2.38. The first-order valence-corrected chi connectivity index (χ1v) is 5.32. The van der Waals surface area contributed by atoms with Gasteiger partial charge in [0, 0.05) is 17.0 Å². The maximum atomic E-state index is 5.84. The Bertz CT molecular complexity index is 489. The second kappa shape index (κ2) is 4.10. The molecule has 0 bridgehead atoms. The number of rotatable bonds is 3. The summed E-state index contributed by atoms with van der Waals surface area (Å²) in [6.45, 7) is 4.31. The van der Waals surface area contributed by atoms with E-state index in [4.69, 9.17) is 10.5 Å². The number of pyridine rings is 1. The average Bonchev–Trinajstić information content (AvgIpc) is 2.25. The van der Waals surface area contributed by atoms with Crippen LogP contribution in [-0.4, -0.2) is 17.1 Å². The molecule has 0 fully saturated rings. The summed E-state index contributed by atoms with van der Waals surface area (Å²) in [5.41, 5.74) is 6.44. The van der Waals surface area contributed by atoms with E-state index in [0.29, 0.717) is 12.5 Å². The SMILES string of the molecule is CC(C)(N)COc1ccc2ccccc2n1. The molecule has 0 saturated heterocycles. The van der Waals surface area contributed by atoms with Gasteiger partial charge in [-0.05, 0) is 26.0 Å². The van der Waals surface area contributed by atoms with Crippen molar-refractivity contribution in [1.82, 2.24) is 4.98 Å². The Morgan fingerprint density at radius 3 is 2.69 bits per heavy atom. The lowest BCUT2D eigenvalue weighted by Gasteiger charge is -2.18. The number of fused-ring (bicyclic) bond motifs is 1. The molecule has 2 aromatic rings. The van der Waals surface area contributed by atoms with Gasteiger partial charge in [0.25, 0.3) is 0 Å². The Morgan fingerprint density at radius 1 is 1.19 bits per heavy atom. The summed E-state index contributed by atoms with van der Waals surface area (Å²) in [5, 5.41) is 1.11. The molecular weight excluding hydrogens is 200 g/mol. The molecule has 0 atom stereocenters. The standard InChI is InChI=1S/C13H16N2O/c1-13(2,14)9-16-12-8-7-10-5-3-4-6-11(10)15-12/h3-8H,9,14H2,1-2H3. The number of benzene rings is 1. The molecule has 3 nitrogen and oxygen atoms in total. The molecule has 0 amide bonds. The van der Waals surface area contributed by atoms with Crippen LogP contribution in [0, 0.1) is 0 Å². The molecule has 1 aromatic heterocycles.